The lowest BCUT2D eigenvalue weighted by molar-refractivity contribution is 0.0952. The number of carbonyl (C=O) groups excluding carboxylic acids is 1. The highest BCUT2D eigenvalue weighted by atomic mass is 35.5. The van der Waals surface area contributed by atoms with E-state index in [1.165, 1.54) is 12.1 Å². The topological polar surface area (TPSA) is 129 Å². The van der Waals surface area contributed by atoms with Crippen LogP contribution in [0, 0.1) is 0 Å². The number of fused-ring (bicyclic) bond motifs is 3. The van der Waals surface area contributed by atoms with Crippen LogP contribution in [0.2, 0.25) is 5.02 Å². The number of anilines is 1. The summed E-state index contributed by atoms with van der Waals surface area (Å²) in [5.74, 6) is -0.204. The molecule has 0 unspecified atom stereocenters. The fourth-order valence-electron chi connectivity index (χ4n) is 3.10. The third kappa shape index (κ3) is 3.47. The zero-order valence-electron chi connectivity index (χ0n) is 14.5. The number of aromatic amines is 1. The van der Waals surface area contributed by atoms with E-state index in [2.05, 4.69) is 20.8 Å². The molecule has 0 atom stereocenters. The molecule has 4 rings (SSSR count). The third-order valence-corrected chi connectivity index (χ3v) is 5.59. The molecule has 0 bridgehead atoms. The Morgan fingerprint density at radius 1 is 1.14 bits per heavy atom. The van der Waals surface area contributed by atoms with Crippen molar-refractivity contribution in [3.63, 3.8) is 0 Å². The van der Waals surface area contributed by atoms with Gasteiger partial charge in [0.05, 0.1) is 16.3 Å². The molecule has 0 radical (unpaired) electrons. The van der Waals surface area contributed by atoms with Crippen molar-refractivity contribution in [3.05, 3.63) is 58.7 Å². The number of nitrogens with one attached hydrogen (secondary N) is 3. The van der Waals surface area contributed by atoms with Gasteiger partial charge in [0.25, 0.3) is 5.91 Å². The van der Waals surface area contributed by atoms with E-state index in [1.807, 2.05) is 6.07 Å². The fraction of sp³-hybridized carbons (Fsp3) is 0.111. The van der Waals surface area contributed by atoms with Crippen LogP contribution in [0.15, 0.2) is 52.5 Å². The second-order valence-electron chi connectivity index (χ2n) is 6.31. The normalized spacial score (nSPS) is 15.9. The Labute approximate surface area is 165 Å². The van der Waals surface area contributed by atoms with Gasteiger partial charge in [0, 0.05) is 34.5 Å². The van der Waals surface area contributed by atoms with Gasteiger partial charge >= 0.3 is 0 Å². The molecule has 1 aliphatic rings. The third-order valence-electron chi connectivity index (χ3n) is 4.43. The monoisotopic (exact) mass is 417 g/mol. The Morgan fingerprint density at radius 2 is 1.89 bits per heavy atom. The van der Waals surface area contributed by atoms with Gasteiger partial charge in [0.1, 0.15) is 5.69 Å². The van der Waals surface area contributed by atoms with Gasteiger partial charge in [0.15, 0.2) is 0 Å². The van der Waals surface area contributed by atoms with E-state index in [1.54, 1.807) is 24.3 Å². The summed E-state index contributed by atoms with van der Waals surface area (Å²) in [6.07, 6.45) is 0.514. The highest BCUT2D eigenvalue weighted by molar-refractivity contribution is 7.89. The lowest BCUT2D eigenvalue weighted by Crippen LogP contribution is -2.23. The summed E-state index contributed by atoms with van der Waals surface area (Å²) < 4.78 is 22.7. The Hall–Kier alpha value is -2.88. The first-order valence-electron chi connectivity index (χ1n) is 8.38. The molecule has 5 N–H and O–H groups in total. The number of H-pyrrole nitrogens is 1. The van der Waals surface area contributed by atoms with Crippen LogP contribution in [-0.2, 0) is 10.0 Å². The van der Waals surface area contributed by atoms with Gasteiger partial charge in [-0.1, -0.05) is 11.6 Å². The van der Waals surface area contributed by atoms with Crippen LogP contribution in [0.3, 0.4) is 0 Å². The van der Waals surface area contributed by atoms with Gasteiger partial charge in [-0.3, -0.25) is 10.2 Å². The van der Waals surface area contributed by atoms with Crippen LogP contribution in [0.1, 0.15) is 22.5 Å². The Morgan fingerprint density at radius 3 is 2.61 bits per heavy atom. The lowest BCUT2D eigenvalue weighted by Gasteiger charge is -2.07. The molecule has 2 aromatic carbocycles. The lowest BCUT2D eigenvalue weighted by atomic mass is 10.0. The molecule has 28 heavy (non-hydrogen) atoms. The highest BCUT2D eigenvalue weighted by Crippen LogP contribution is 2.28. The number of hydrazone groups is 1. The maximum Gasteiger partial charge on any atom is 0.268 e. The number of carbonyl (C=O) groups is 1. The average molecular weight is 418 g/mol. The van der Waals surface area contributed by atoms with Gasteiger partial charge in [-0.2, -0.15) is 5.10 Å². The average Bonchev–Trinajstić information content (AvgIpc) is 2.95. The Kier molecular flexibility index (Phi) is 4.58. The van der Waals surface area contributed by atoms with Crippen molar-refractivity contribution in [2.45, 2.75) is 11.3 Å². The minimum Gasteiger partial charge on any atom is -0.350 e. The SMILES string of the molecule is NS(=O)(=O)c1ccc(N/N=C2/CCNC(=O)c3[nH]c4ccc(Cl)cc4c32)cc1. The van der Waals surface area contributed by atoms with Crippen molar-refractivity contribution in [1.29, 1.82) is 0 Å². The number of sulfonamides is 1. The van der Waals surface area contributed by atoms with E-state index >= 15 is 0 Å². The molecule has 3 aromatic rings. The molecular weight excluding hydrogens is 402 g/mol. The maximum absolute atomic E-state index is 12.4. The van der Waals surface area contributed by atoms with Gasteiger partial charge in [-0.25, -0.2) is 13.6 Å². The van der Waals surface area contributed by atoms with E-state index in [4.69, 9.17) is 16.7 Å². The van der Waals surface area contributed by atoms with Crippen molar-refractivity contribution in [3.8, 4) is 0 Å². The molecule has 0 aliphatic carbocycles. The van der Waals surface area contributed by atoms with Crippen molar-refractivity contribution in [2.75, 3.05) is 12.0 Å². The molecule has 1 aromatic heterocycles. The smallest absolute Gasteiger partial charge is 0.268 e. The number of nitrogens with zero attached hydrogens (tertiary/aromatic N) is 1. The van der Waals surface area contributed by atoms with Crippen molar-refractivity contribution in [2.24, 2.45) is 10.2 Å². The minimum absolute atomic E-state index is 0.0172. The van der Waals surface area contributed by atoms with Gasteiger partial charge in [-0.15, -0.1) is 0 Å². The van der Waals surface area contributed by atoms with Crippen molar-refractivity contribution in [1.82, 2.24) is 10.3 Å². The molecule has 144 valence electrons. The molecule has 0 fully saturated rings. The summed E-state index contributed by atoms with van der Waals surface area (Å²) in [6, 6.07) is 11.3. The summed E-state index contributed by atoms with van der Waals surface area (Å²) >= 11 is 6.14. The maximum atomic E-state index is 12.4. The second-order valence-corrected chi connectivity index (χ2v) is 8.31. The van der Waals surface area contributed by atoms with E-state index in [-0.39, 0.29) is 10.8 Å². The zero-order chi connectivity index (χ0) is 19.9. The van der Waals surface area contributed by atoms with Crippen molar-refractivity contribution >= 4 is 49.8 Å². The molecule has 0 saturated carbocycles. The first-order valence-corrected chi connectivity index (χ1v) is 10.3. The minimum atomic E-state index is -3.75. The molecule has 1 aliphatic heterocycles. The molecule has 10 heteroatoms. The van der Waals surface area contributed by atoms with Crippen LogP contribution in [0.4, 0.5) is 5.69 Å². The summed E-state index contributed by atoms with van der Waals surface area (Å²) in [6.45, 7) is 0.439. The quantitative estimate of drug-likeness (QED) is 0.487. The number of halogens is 1. The first kappa shape index (κ1) is 18.5. The number of amides is 1. The van der Waals surface area contributed by atoms with Crippen LogP contribution >= 0.6 is 11.6 Å². The molecular formula is C18H16ClN5O3S. The molecule has 2 heterocycles. The Balaban J connectivity index is 1.74. The van der Waals surface area contributed by atoms with E-state index < -0.39 is 10.0 Å². The highest BCUT2D eigenvalue weighted by Gasteiger charge is 2.25. The van der Waals surface area contributed by atoms with Crippen LogP contribution in [0.25, 0.3) is 10.9 Å². The molecule has 1 amide bonds. The molecule has 0 spiro atoms. The van der Waals surface area contributed by atoms with Gasteiger partial charge in [0.2, 0.25) is 10.0 Å². The largest absolute Gasteiger partial charge is 0.350 e. The predicted octanol–water partition coefficient (Wildman–Crippen LogP) is 2.42. The van der Waals surface area contributed by atoms with E-state index in [0.717, 1.165) is 10.9 Å². The summed E-state index contributed by atoms with van der Waals surface area (Å²) in [7, 11) is -3.75. The zero-order valence-corrected chi connectivity index (χ0v) is 16.1. The summed E-state index contributed by atoms with van der Waals surface area (Å²) in [5, 5.41) is 13.8. The number of primary sulfonamides is 1. The van der Waals surface area contributed by atoms with Gasteiger partial charge in [-0.05, 0) is 42.5 Å². The number of hydrogen-bond acceptors (Lipinski definition) is 5. The van der Waals surface area contributed by atoms with Crippen molar-refractivity contribution < 1.29 is 13.2 Å². The van der Waals surface area contributed by atoms with Crippen LogP contribution in [0.5, 0.6) is 0 Å². The van der Waals surface area contributed by atoms with Gasteiger partial charge < -0.3 is 10.3 Å². The fourth-order valence-corrected chi connectivity index (χ4v) is 3.79. The molecule has 0 saturated heterocycles. The molecule has 8 nitrogen and oxygen atoms in total. The number of rotatable bonds is 3. The number of aromatic nitrogens is 1. The van der Waals surface area contributed by atoms with Crippen LogP contribution in [-0.4, -0.2) is 31.6 Å². The summed E-state index contributed by atoms with van der Waals surface area (Å²) in [4.78, 5) is 15.5. The second kappa shape index (κ2) is 6.93. The van der Waals surface area contributed by atoms with E-state index in [9.17, 15) is 13.2 Å². The standard InChI is InChI=1S/C18H16ClN5O3S/c19-10-1-6-14-13(9-10)16-15(7-8-21-18(25)17(16)22-14)24-23-11-2-4-12(5-3-11)28(20,26)27/h1-6,9,22-23H,7-8H2,(H,21,25)(H2,20,26,27)/b24-15-. The Bertz CT molecular complexity index is 1220. The van der Waals surface area contributed by atoms with Crippen LogP contribution < -0.4 is 15.9 Å². The number of nitrogens with two attached hydrogens (primary N) is 1. The predicted molar refractivity (Wildman–Crippen MR) is 108 cm³/mol. The summed E-state index contributed by atoms with van der Waals surface area (Å²) in [5.41, 5.74) is 6.09. The van der Waals surface area contributed by atoms with E-state index in [0.29, 0.717) is 40.6 Å². The number of hydrogen-bond donors (Lipinski definition) is 4. The first-order chi connectivity index (χ1) is 13.3. The number of benzene rings is 2.